The molecule has 4 rings (SSSR count). The summed E-state index contributed by atoms with van der Waals surface area (Å²) in [4.78, 5) is 0. The fourth-order valence-electron chi connectivity index (χ4n) is 2.76. The lowest BCUT2D eigenvalue weighted by atomic mass is 9.98. The molecular weight excluding hydrogens is 216 g/mol. The Morgan fingerprint density at radius 1 is 1.18 bits per heavy atom. The van der Waals surface area contributed by atoms with Crippen LogP contribution in [0.15, 0.2) is 12.1 Å². The number of epoxide rings is 1. The summed E-state index contributed by atoms with van der Waals surface area (Å²) >= 11 is 0. The van der Waals surface area contributed by atoms with Gasteiger partial charge in [-0.1, -0.05) is 18.9 Å². The van der Waals surface area contributed by atoms with Crippen LogP contribution < -0.4 is 9.47 Å². The first kappa shape index (κ1) is 9.77. The molecule has 1 aliphatic carbocycles. The first-order valence-corrected chi connectivity index (χ1v) is 6.51. The third kappa shape index (κ3) is 1.78. The number of ether oxygens (including phenoxy) is 3. The van der Waals surface area contributed by atoms with Gasteiger partial charge in [0.05, 0.1) is 6.61 Å². The summed E-state index contributed by atoms with van der Waals surface area (Å²) in [5.41, 5.74) is 1.40. The third-order valence-electron chi connectivity index (χ3n) is 3.89. The number of benzene rings is 1. The van der Waals surface area contributed by atoms with Gasteiger partial charge < -0.3 is 14.2 Å². The highest BCUT2D eigenvalue weighted by Crippen LogP contribution is 2.58. The van der Waals surface area contributed by atoms with Gasteiger partial charge in [0.15, 0.2) is 11.5 Å². The van der Waals surface area contributed by atoms with Crippen LogP contribution >= 0.6 is 0 Å². The Bertz CT molecular complexity index is 445. The van der Waals surface area contributed by atoms with Gasteiger partial charge in [0.1, 0.15) is 12.7 Å². The zero-order chi connectivity index (χ0) is 11.2. The van der Waals surface area contributed by atoms with Crippen LogP contribution in [0, 0.1) is 0 Å². The van der Waals surface area contributed by atoms with Crippen LogP contribution in [-0.4, -0.2) is 19.3 Å². The molecular formula is C14H16O3. The average molecular weight is 232 g/mol. The van der Waals surface area contributed by atoms with E-state index in [1.54, 1.807) is 0 Å². The highest BCUT2D eigenvalue weighted by atomic mass is 16.6. The molecule has 3 nitrogen and oxygen atoms in total. The van der Waals surface area contributed by atoms with Crippen molar-refractivity contribution in [1.29, 1.82) is 0 Å². The Labute approximate surface area is 101 Å². The molecule has 90 valence electrons. The predicted octanol–water partition coefficient (Wildman–Crippen LogP) is 3.23. The molecule has 3 aliphatic rings. The van der Waals surface area contributed by atoms with Crippen molar-refractivity contribution in [2.45, 2.75) is 37.7 Å². The fraction of sp³-hybridized carbons (Fsp3) is 0.571. The topological polar surface area (TPSA) is 34.3 Å². The Kier molecular flexibility index (Phi) is 2.09. The first-order chi connectivity index (χ1) is 8.42. The molecule has 1 atom stereocenters. The predicted molar refractivity (Wildman–Crippen MR) is 63.0 cm³/mol. The van der Waals surface area contributed by atoms with Crippen molar-refractivity contribution in [3.05, 3.63) is 17.7 Å². The number of hydrogen-bond donors (Lipinski definition) is 0. The summed E-state index contributed by atoms with van der Waals surface area (Å²) in [5, 5.41) is 0. The lowest BCUT2D eigenvalue weighted by molar-refractivity contribution is 0.261. The lowest BCUT2D eigenvalue weighted by Crippen LogP contribution is -2.03. The van der Waals surface area contributed by atoms with Crippen LogP contribution in [0.3, 0.4) is 0 Å². The molecule has 0 amide bonds. The van der Waals surface area contributed by atoms with Crippen molar-refractivity contribution in [2.24, 2.45) is 0 Å². The highest BCUT2D eigenvalue weighted by Gasteiger charge is 2.34. The molecule has 3 heteroatoms. The van der Waals surface area contributed by atoms with Gasteiger partial charge in [0.2, 0.25) is 5.75 Å². The molecule has 2 aliphatic heterocycles. The van der Waals surface area contributed by atoms with Crippen LogP contribution in [0.5, 0.6) is 17.2 Å². The van der Waals surface area contributed by atoms with E-state index in [0.29, 0.717) is 18.6 Å². The second kappa shape index (κ2) is 3.64. The molecule has 1 saturated heterocycles. The highest BCUT2D eigenvalue weighted by molar-refractivity contribution is 5.67. The molecule has 1 aromatic rings. The fourth-order valence-corrected chi connectivity index (χ4v) is 2.76. The molecule has 1 aromatic carbocycles. The van der Waals surface area contributed by atoms with Crippen LogP contribution in [0.1, 0.15) is 37.2 Å². The molecule has 0 spiro atoms. The number of hydrogen-bond acceptors (Lipinski definition) is 3. The minimum Gasteiger partial charge on any atom is -0.487 e. The van der Waals surface area contributed by atoms with Crippen molar-refractivity contribution in [2.75, 3.05) is 13.2 Å². The quantitative estimate of drug-likeness (QED) is 0.759. The van der Waals surface area contributed by atoms with E-state index in [-0.39, 0.29) is 0 Å². The number of rotatable bonds is 4. The maximum atomic E-state index is 5.68. The number of fused-ring (bicyclic) bond motifs is 1. The third-order valence-corrected chi connectivity index (χ3v) is 3.89. The lowest BCUT2D eigenvalue weighted by Gasteiger charge is -2.07. The average Bonchev–Trinajstić information content (AvgIpc) is 3.25. The molecule has 0 aromatic heterocycles. The van der Waals surface area contributed by atoms with E-state index in [1.165, 1.54) is 31.2 Å². The zero-order valence-corrected chi connectivity index (χ0v) is 9.78. The van der Waals surface area contributed by atoms with Gasteiger partial charge in [-0.15, -0.1) is 0 Å². The van der Waals surface area contributed by atoms with E-state index in [0.717, 1.165) is 23.9 Å². The largest absolute Gasteiger partial charge is 0.487 e. The molecule has 17 heavy (non-hydrogen) atoms. The molecule has 0 radical (unpaired) electrons. The van der Waals surface area contributed by atoms with Crippen LogP contribution in [-0.2, 0) is 4.74 Å². The van der Waals surface area contributed by atoms with Crippen molar-refractivity contribution in [3.63, 3.8) is 0 Å². The normalized spacial score (nSPS) is 25.3. The summed E-state index contributed by atoms with van der Waals surface area (Å²) < 4.78 is 16.4. The van der Waals surface area contributed by atoms with Gasteiger partial charge in [0.25, 0.3) is 0 Å². The van der Waals surface area contributed by atoms with Gasteiger partial charge in [-0.25, -0.2) is 0 Å². The second-order valence-corrected chi connectivity index (χ2v) is 5.16. The molecule has 0 bridgehead atoms. The summed E-state index contributed by atoms with van der Waals surface area (Å²) in [6, 6.07) is 4.24. The molecule has 1 saturated carbocycles. The van der Waals surface area contributed by atoms with Crippen molar-refractivity contribution < 1.29 is 14.2 Å². The second-order valence-electron chi connectivity index (χ2n) is 5.16. The van der Waals surface area contributed by atoms with Gasteiger partial charge in [-0.05, 0) is 24.8 Å². The van der Waals surface area contributed by atoms with Crippen LogP contribution in [0.4, 0.5) is 0 Å². The Hall–Kier alpha value is -1.22. The van der Waals surface area contributed by atoms with Gasteiger partial charge >= 0.3 is 0 Å². The minimum absolute atomic E-state index is 0.305. The molecule has 2 fully saturated rings. The van der Waals surface area contributed by atoms with Crippen LogP contribution in [0.2, 0.25) is 0 Å². The van der Waals surface area contributed by atoms with E-state index in [1.807, 2.05) is 0 Å². The zero-order valence-electron chi connectivity index (χ0n) is 9.78. The van der Waals surface area contributed by atoms with Gasteiger partial charge in [-0.3, -0.25) is 0 Å². The summed E-state index contributed by atoms with van der Waals surface area (Å²) in [5.74, 6) is 3.66. The molecule has 1 unspecified atom stereocenters. The van der Waals surface area contributed by atoms with Crippen molar-refractivity contribution in [1.82, 2.24) is 0 Å². The smallest absolute Gasteiger partial charge is 0.212 e. The van der Waals surface area contributed by atoms with Crippen molar-refractivity contribution in [3.8, 4) is 17.2 Å². The monoisotopic (exact) mass is 232 g/mol. The SMILES string of the molecule is c1cc(C2CCCC2)c2c(c1OCC1CO1)O2. The molecule has 2 heterocycles. The Morgan fingerprint density at radius 3 is 2.76 bits per heavy atom. The Morgan fingerprint density at radius 2 is 2.00 bits per heavy atom. The van der Waals surface area contributed by atoms with Crippen molar-refractivity contribution >= 4 is 0 Å². The summed E-state index contributed by atoms with van der Waals surface area (Å²) in [6.07, 6.45) is 5.64. The summed E-state index contributed by atoms with van der Waals surface area (Å²) in [7, 11) is 0. The first-order valence-electron chi connectivity index (χ1n) is 6.51. The maximum Gasteiger partial charge on any atom is 0.212 e. The minimum atomic E-state index is 0.305. The molecule has 0 N–H and O–H groups in total. The van der Waals surface area contributed by atoms with Gasteiger partial charge in [-0.2, -0.15) is 0 Å². The maximum absolute atomic E-state index is 5.68. The van der Waals surface area contributed by atoms with E-state index < -0.39 is 0 Å². The Balaban J connectivity index is 1.51. The van der Waals surface area contributed by atoms with Crippen LogP contribution in [0.25, 0.3) is 0 Å². The van der Waals surface area contributed by atoms with E-state index in [4.69, 9.17) is 14.2 Å². The van der Waals surface area contributed by atoms with E-state index in [9.17, 15) is 0 Å². The van der Waals surface area contributed by atoms with E-state index >= 15 is 0 Å². The standard InChI is InChI=1S/C14H16O3/c1-2-4-9(3-1)11-5-6-12(14-13(11)17-14)16-8-10-7-15-10/h5-6,9-10H,1-4,7-8H2. The van der Waals surface area contributed by atoms with E-state index in [2.05, 4.69) is 12.1 Å². The van der Waals surface area contributed by atoms with Gasteiger partial charge in [0, 0.05) is 5.56 Å². The summed E-state index contributed by atoms with van der Waals surface area (Å²) in [6.45, 7) is 1.49.